The molecule has 0 radical (unpaired) electrons. The molecule has 0 spiro atoms. The van der Waals surface area contributed by atoms with Crippen molar-refractivity contribution in [2.24, 2.45) is 0 Å². The van der Waals surface area contributed by atoms with E-state index < -0.39 is 0 Å². The van der Waals surface area contributed by atoms with Crippen LogP contribution in [0.2, 0.25) is 5.02 Å². The van der Waals surface area contributed by atoms with Crippen molar-refractivity contribution in [2.75, 3.05) is 14.1 Å². The van der Waals surface area contributed by atoms with Gasteiger partial charge in [-0.05, 0) is 29.8 Å². The molecule has 2 N–H and O–H groups in total. The highest BCUT2D eigenvalue weighted by molar-refractivity contribution is 6.31. The van der Waals surface area contributed by atoms with Crippen LogP contribution in [0.1, 0.15) is 21.7 Å². The van der Waals surface area contributed by atoms with Crippen LogP contribution in [0.5, 0.6) is 0 Å². The van der Waals surface area contributed by atoms with Crippen LogP contribution in [0.3, 0.4) is 0 Å². The maximum Gasteiger partial charge on any atom is 0.287 e. The number of hydrogen-bond donors (Lipinski definition) is 2. The van der Waals surface area contributed by atoms with E-state index in [2.05, 4.69) is 31.5 Å². The summed E-state index contributed by atoms with van der Waals surface area (Å²) in [5.74, 6) is 0.0595. The van der Waals surface area contributed by atoms with Crippen LogP contribution < -0.4 is 10.2 Å². The molecule has 1 aromatic heterocycles. The first-order valence-corrected chi connectivity index (χ1v) is 8.23. The van der Waals surface area contributed by atoms with Gasteiger partial charge in [-0.15, -0.1) is 0 Å². The second kappa shape index (κ2) is 7.07. The van der Waals surface area contributed by atoms with Crippen LogP contribution in [0.25, 0.3) is 11.0 Å². The maximum atomic E-state index is 12.2. The lowest BCUT2D eigenvalue weighted by atomic mass is 10.1. The van der Waals surface area contributed by atoms with Gasteiger partial charge in [-0.3, -0.25) is 4.79 Å². The molecule has 0 bridgehead atoms. The van der Waals surface area contributed by atoms with Crippen molar-refractivity contribution >= 4 is 28.5 Å². The number of hydrogen-bond acceptors (Lipinski definition) is 2. The van der Waals surface area contributed by atoms with Crippen LogP contribution in [0.15, 0.2) is 52.9 Å². The molecular weight excluding hydrogens is 324 g/mol. The Bertz CT molecular complexity index is 853. The van der Waals surface area contributed by atoms with E-state index in [1.54, 1.807) is 24.3 Å². The molecule has 0 unspecified atom stereocenters. The van der Waals surface area contributed by atoms with E-state index in [0.29, 0.717) is 22.9 Å². The highest BCUT2D eigenvalue weighted by atomic mass is 35.5. The van der Waals surface area contributed by atoms with Gasteiger partial charge in [0.05, 0.1) is 14.1 Å². The predicted octanol–water partition coefficient (Wildman–Crippen LogP) is 2.66. The van der Waals surface area contributed by atoms with Gasteiger partial charge in [0.25, 0.3) is 5.91 Å². The van der Waals surface area contributed by atoms with E-state index in [4.69, 9.17) is 16.0 Å². The zero-order valence-corrected chi connectivity index (χ0v) is 14.5. The van der Waals surface area contributed by atoms with Gasteiger partial charge in [-0.1, -0.05) is 35.9 Å². The fourth-order valence-corrected chi connectivity index (χ4v) is 2.76. The number of quaternary nitrogens is 1. The second-order valence-corrected chi connectivity index (χ2v) is 6.61. The highest BCUT2D eigenvalue weighted by Crippen LogP contribution is 2.23. The summed E-state index contributed by atoms with van der Waals surface area (Å²) in [6.07, 6.45) is 0. The van der Waals surface area contributed by atoms with E-state index in [1.807, 2.05) is 12.1 Å². The monoisotopic (exact) mass is 343 g/mol. The molecule has 2 aromatic carbocycles. The number of carbonyl (C=O) groups is 1. The average molecular weight is 344 g/mol. The van der Waals surface area contributed by atoms with E-state index in [0.717, 1.165) is 17.5 Å². The summed E-state index contributed by atoms with van der Waals surface area (Å²) in [6, 6.07) is 15.3. The number of nitrogens with one attached hydrogen (secondary N) is 2. The molecule has 5 heteroatoms. The number of furan rings is 1. The summed E-state index contributed by atoms with van der Waals surface area (Å²) in [4.78, 5) is 13.6. The summed E-state index contributed by atoms with van der Waals surface area (Å²) < 4.78 is 5.56. The molecule has 0 fully saturated rings. The third kappa shape index (κ3) is 3.96. The Morgan fingerprint density at radius 3 is 2.50 bits per heavy atom. The van der Waals surface area contributed by atoms with Crippen LogP contribution in [-0.2, 0) is 13.1 Å². The zero-order valence-electron chi connectivity index (χ0n) is 13.7. The first-order valence-electron chi connectivity index (χ1n) is 7.85. The molecule has 0 atom stereocenters. The minimum absolute atomic E-state index is 0.232. The number of amides is 1. The number of carbonyl (C=O) groups excluding carboxylic acids is 1. The van der Waals surface area contributed by atoms with Crippen molar-refractivity contribution < 1.29 is 14.1 Å². The first-order chi connectivity index (χ1) is 11.5. The highest BCUT2D eigenvalue weighted by Gasteiger charge is 2.12. The number of benzene rings is 2. The van der Waals surface area contributed by atoms with Gasteiger partial charge in [0, 0.05) is 22.5 Å². The Kier molecular flexibility index (Phi) is 4.88. The van der Waals surface area contributed by atoms with Crippen molar-refractivity contribution in [3.8, 4) is 0 Å². The fraction of sp³-hybridized carbons (Fsp3) is 0.211. The lowest BCUT2D eigenvalue weighted by molar-refractivity contribution is -0.872. The smallest absolute Gasteiger partial charge is 0.287 e. The van der Waals surface area contributed by atoms with E-state index >= 15 is 0 Å². The van der Waals surface area contributed by atoms with E-state index in [9.17, 15) is 4.79 Å². The zero-order chi connectivity index (χ0) is 17.1. The molecule has 1 amide bonds. The number of halogens is 1. The van der Waals surface area contributed by atoms with Gasteiger partial charge in [0.2, 0.25) is 0 Å². The number of fused-ring (bicyclic) bond motifs is 1. The molecule has 3 rings (SSSR count). The summed E-state index contributed by atoms with van der Waals surface area (Å²) >= 11 is 5.95. The Labute approximate surface area is 146 Å². The van der Waals surface area contributed by atoms with Gasteiger partial charge in [0.1, 0.15) is 12.1 Å². The molecule has 0 saturated carbocycles. The van der Waals surface area contributed by atoms with Crippen LogP contribution in [0, 0.1) is 0 Å². The van der Waals surface area contributed by atoms with Crippen LogP contribution >= 0.6 is 11.6 Å². The van der Waals surface area contributed by atoms with E-state index in [-0.39, 0.29) is 5.91 Å². The van der Waals surface area contributed by atoms with Gasteiger partial charge in [0.15, 0.2) is 5.76 Å². The fourth-order valence-electron chi connectivity index (χ4n) is 2.58. The first kappa shape index (κ1) is 16.6. The van der Waals surface area contributed by atoms with Gasteiger partial charge in [-0.2, -0.15) is 0 Å². The molecular formula is C19H20ClN2O2+. The van der Waals surface area contributed by atoms with E-state index in [1.165, 1.54) is 10.5 Å². The van der Waals surface area contributed by atoms with Crippen molar-refractivity contribution in [3.63, 3.8) is 0 Å². The van der Waals surface area contributed by atoms with Gasteiger partial charge >= 0.3 is 0 Å². The largest absolute Gasteiger partial charge is 0.451 e. The van der Waals surface area contributed by atoms with Crippen LogP contribution in [-0.4, -0.2) is 20.0 Å². The van der Waals surface area contributed by atoms with Crippen LogP contribution in [0.4, 0.5) is 0 Å². The van der Waals surface area contributed by atoms with Crippen molar-refractivity contribution in [1.29, 1.82) is 0 Å². The SMILES string of the molecule is C[NH+](C)Cc1ccc(CNC(=O)c2cc3cc(Cl)ccc3o2)cc1. The Morgan fingerprint density at radius 1 is 1.08 bits per heavy atom. The number of rotatable bonds is 5. The Morgan fingerprint density at radius 2 is 1.79 bits per heavy atom. The molecule has 24 heavy (non-hydrogen) atoms. The summed E-state index contributed by atoms with van der Waals surface area (Å²) in [7, 11) is 4.24. The maximum absolute atomic E-state index is 12.2. The molecule has 0 aliphatic heterocycles. The molecule has 0 aliphatic carbocycles. The summed E-state index contributed by atoms with van der Waals surface area (Å²) in [6.45, 7) is 1.44. The minimum Gasteiger partial charge on any atom is -0.451 e. The summed E-state index contributed by atoms with van der Waals surface area (Å²) in [5.41, 5.74) is 2.99. The minimum atomic E-state index is -0.232. The average Bonchev–Trinajstić information content (AvgIpc) is 2.96. The predicted molar refractivity (Wildman–Crippen MR) is 95.4 cm³/mol. The Hall–Kier alpha value is -2.30. The molecule has 124 valence electrons. The molecule has 4 nitrogen and oxygen atoms in total. The lowest BCUT2D eigenvalue weighted by Gasteiger charge is -2.08. The van der Waals surface area contributed by atoms with Crippen molar-refractivity contribution in [3.05, 3.63) is 70.4 Å². The third-order valence-corrected chi connectivity index (χ3v) is 3.97. The standard InChI is InChI=1S/C19H19ClN2O2/c1-22(2)12-14-5-3-13(4-6-14)11-21-19(23)18-10-15-9-16(20)7-8-17(15)24-18/h3-10H,11-12H2,1-2H3,(H,21,23)/p+1. The van der Waals surface area contributed by atoms with Gasteiger partial charge < -0.3 is 14.6 Å². The molecule has 3 aromatic rings. The van der Waals surface area contributed by atoms with Crippen molar-refractivity contribution in [1.82, 2.24) is 5.32 Å². The molecule has 0 aliphatic rings. The van der Waals surface area contributed by atoms with Crippen molar-refractivity contribution in [2.45, 2.75) is 13.1 Å². The second-order valence-electron chi connectivity index (χ2n) is 6.18. The van der Waals surface area contributed by atoms with Gasteiger partial charge in [-0.25, -0.2) is 0 Å². The normalized spacial score (nSPS) is 11.2. The quantitative estimate of drug-likeness (QED) is 0.748. The summed E-state index contributed by atoms with van der Waals surface area (Å²) in [5, 5.41) is 4.32. The third-order valence-electron chi connectivity index (χ3n) is 3.74. The lowest BCUT2D eigenvalue weighted by Crippen LogP contribution is -3.04. The molecule has 1 heterocycles. The topological polar surface area (TPSA) is 46.7 Å². The molecule has 0 saturated heterocycles. The Balaban J connectivity index is 1.63.